The quantitative estimate of drug-likeness (QED) is 0.589. The second-order valence-corrected chi connectivity index (χ2v) is 12.1. The summed E-state index contributed by atoms with van der Waals surface area (Å²) in [5.41, 5.74) is 2.76. The number of piperidine rings is 1. The zero-order valence-corrected chi connectivity index (χ0v) is 20.3. The van der Waals surface area contributed by atoms with Crippen LogP contribution in [0.4, 0.5) is 0 Å². The lowest BCUT2D eigenvalue weighted by Crippen LogP contribution is -2.35. The van der Waals surface area contributed by atoms with Crippen LogP contribution in [-0.2, 0) is 36.4 Å². The van der Waals surface area contributed by atoms with Crippen molar-refractivity contribution in [2.24, 2.45) is 18.9 Å². The highest BCUT2D eigenvalue weighted by Gasteiger charge is 2.29. The Labute approximate surface area is 191 Å². The minimum absolute atomic E-state index is 0.165. The van der Waals surface area contributed by atoms with Crippen molar-refractivity contribution >= 4 is 22.1 Å². The van der Waals surface area contributed by atoms with Gasteiger partial charge in [-0.05, 0) is 68.6 Å². The lowest BCUT2D eigenvalue weighted by atomic mass is 9.90. The molecule has 0 saturated carbocycles. The molecule has 31 heavy (non-hydrogen) atoms. The highest BCUT2D eigenvalue weighted by Crippen LogP contribution is 2.24. The standard InChI is InChI=1S/C23H34N4O2S2/c1-18-3-5-19(6-4-18)7-8-20-9-12-26(13-10-20)17-27-23(30)25(2)22(24-27)15-21-11-14-31(28,29)16-21/h3-6,20-21H,7-17H2,1-2H3. The fourth-order valence-corrected chi connectivity index (χ4v) is 6.89. The topological polar surface area (TPSA) is 60.1 Å². The summed E-state index contributed by atoms with van der Waals surface area (Å²) in [5, 5.41) is 4.76. The molecular formula is C23H34N4O2S2. The lowest BCUT2D eigenvalue weighted by Gasteiger charge is -2.31. The molecule has 4 rings (SSSR count). The Hall–Kier alpha value is -1.51. The molecule has 1 aromatic carbocycles. The van der Waals surface area contributed by atoms with Crippen molar-refractivity contribution in [3.8, 4) is 0 Å². The van der Waals surface area contributed by atoms with E-state index in [2.05, 4.69) is 36.1 Å². The van der Waals surface area contributed by atoms with E-state index in [-0.39, 0.29) is 11.7 Å². The minimum atomic E-state index is -2.86. The summed E-state index contributed by atoms with van der Waals surface area (Å²) in [4.78, 5) is 2.44. The van der Waals surface area contributed by atoms with E-state index >= 15 is 0 Å². The van der Waals surface area contributed by atoms with Gasteiger partial charge in [0.2, 0.25) is 0 Å². The van der Waals surface area contributed by atoms with Gasteiger partial charge in [0, 0.05) is 26.6 Å². The number of hydrogen-bond acceptors (Lipinski definition) is 5. The van der Waals surface area contributed by atoms with Gasteiger partial charge in [-0.15, -0.1) is 0 Å². The monoisotopic (exact) mass is 462 g/mol. The Morgan fingerprint density at radius 2 is 1.81 bits per heavy atom. The van der Waals surface area contributed by atoms with E-state index in [9.17, 15) is 8.42 Å². The SMILES string of the molecule is Cc1ccc(CCC2CCN(Cn3nc(CC4CCS(=O)(=O)C4)n(C)c3=S)CC2)cc1. The molecule has 170 valence electrons. The van der Waals surface area contributed by atoms with Gasteiger partial charge in [-0.25, -0.2) is 13.1 Å². The van der Waals surface area contributed by atoms with Crippen molar-refractivity contribution in [2.75, 3.05) is 24.6 Å². The van der Waals surface area contributed by atoms with E-state index in [1.165, 1.54) is 30.4 Å². The summed E-state index contributed by atoms with van der Waals surface area (Å²) in [5.74, 6) is 2.44. The van der Waals surface area contributed by atoms with Crippen LogP contribution in [0.2, 0.25) is 0 Å². The second kappa shape index (κ2) is 9.55. The summed E-state index contributed by atoms with van der Waals surface area (Å²) >= 11 is 5.62. The number of likely N-dealkylation sites (tertiary alicyclic amines) is 1. The number of benzene rings is 1. The molecule has 3 heterocycles. The second-order valence-electron chi connectivity index (χ2n) is 9.46. The summed E-state index contributed by atoms with van der Waals surface area (Å²) in [6.07, 6.45) is 6.29. The Kier molecular flexibility index (Phi) is 6.98. The van der Waals surface area contributed by atoms with Crippen molar-refractivity contribution in [2.45, 2.75) is 52.1 Å². The number of aryl methyl sites for hydroxylation is 2. The zero-order chi connectivity index (χ0) is 22.0. The summed E-state index contributed by atoms with van der Waals surface area (Å²) in [6.45, 7) is 5.01. The molecule has 1 atom stereocenters. The maximum absolute atomic E-state index is 11.8. The number of nitrogens with zero attached hydrogens (tertiary/aromatic N) is 4. The summed E-state index contributed by atoms with van der Waals surface area (Å²) < 4.78 is 28.1. The summed E-state index contributed by atoms with van der Waals surface area (Å²) in [7, 11) is -0.916. The van der Waals surface area contributed by atoms with E-state index in [0.717, 1.165) is 49.1 Å². The molecule has 8 heteroatoms. The average Bonchev–Trinajstić information content (AvgIpc) is 3.22. The fourth-order valence-electron chi connectivity index (χ4n) is 4.83. The molecule has 2 aliphatic heterocycles. The first-order chi connectivity index (χ1) is 14.8. The molecule has 0 N–H and O–H groups in total. The van der Waals surface area contributed by atoms with Gasteiger partial charge in [0.05, 0.1) is 18.2 Å². The molecule has 0 spiro atoms. The first-order valence-corrected chi connectivity index (χ1v) is 13.6. The van der Waals surface area contributed by atoms with Gasteiger partial charge in [0.15, 0.2) is 14.6 Å². The van der Waals surface area contributed by atoms with Crippen molar-refractivity contribution in [1.29, 1.82) is 0 Å². The van der Waals surface area contributed by atoms with Crippen LogP contribution in [0.3, 0.4) is 0 Å². The van der Waals surface area contributed by atoms with Crippen LogP contribution in [0.5, 0.6) is 0 Å². The maximum Gasteiger partial charge on any atom is 0.198 e. The molecule has 2 fully saturated rings. The number of hydrogen-bond donors (Lipinski definition) is 0. The molecule has 1 unspecified atom stereocenters. The molecule has 2 aromatic rings. The van der Waals surface area contributed by atoms with Crippen LogP contribution in [-0.4, -0.2) is 52.3 Å². The van der Waals surface area contributed by atoms with Crippen LogP contribution >= 0.6 is 12.2 Å². The smallest absolute Gasteiger partial charge is 0.198 e. The molecule has 0 bridgehead atoms. The molecule has 2 aliphatic rings. The van der Waals surface area contributed by atoms with E-state index in [1.54, 1.807) is 0 Å². The van der Waals surface area contributed by atoms with E-state index in [1.807, 2.05) is 16.3 Å². The molecule has 0 amide bonds. The first-order valence-electron chi connectivity index (χ1n) is 11.4. The predicted molar refractivity (Wildman–Crippen MR) is 126 cm³/mol. The van der Waals surface area contributed by atoms with Gasteiger partial charge in [0.1, 0.15) is 5.82 Å². The Bertz CT molecular complexity index is 1050. The number of rotatable bonds is 7. The van der Waals surface area contributed by atoms with E-state index in [0.29, 0.717) is 12.2 Å². The number of sulfone groups is 1. The molecular weight excluding hydrogens is 428 g/mol. The van der Waals surface area contributed by atoms with Crippen molar-refractivity contribution in [3.05, 3.63) is 46.0 Å². The maximum atomic E-state index is 11.8. The Morgan fingerprint density at radius 3 is 2.45 bits per heavy atom. The largest absolute Gasteiger partial charge is 0.307 e. The highest BCUT2D eigenvalue weighted by atomic mass is 32.2. The third kappa shape index (κ3) is 5.84. The summed E-state index contributed by atoms with van der Waals surface area (Å²) in [6, 6.07) is 8.92. The minimum Gasteiger partial charge on any atom is -0.307 e. The average molecular weight is 463 g/mol. The van der Waals surface area contributed by atoms with Crippen LogP contribution in [0.1, 0.15) is 42.6 Å². The van der Waals surface area contributed by atoms with Gasteiger partial charge >= 0.3 is 0 Å². The molecule has 1 aromatic heterocycles. The highest BCUT2D eigenvalue weighted by molar-refractivity contribution is 7.91. The first kappa shape index (κ1) is 22.7. The van der Waals surface area contributed by atoms with Gasteiger partial charge < -0.3 is 4.57 Å². The van der Waals surface area contributed by atoms with Crippen LogP contribution in [0, 0.1) is 23.5 Å². The third-order valence-electron chi connectivity index (χ3n) is 6.93. The van der Waals surface area contributed by atoms with Crippen molar-refractivity contribution < 1.29 is 8.42 Å². The Morgan fingerprint density at radius 1 is 1.10 bits per heavy atom. The zero-order valence-electron chi connectivity index (χ0n) is 18.7. The molecule has 0 radical (unpaired) electrons. The number of aromatic nitrogens is 3. The van der Waals surface area contributed by atoms with Gasteiger partial charge in [-0.3, -0.25) is 4.90 Å². The van der Waals surface area contributed by atoms with Gasteiger partial charge in [-0.1, -0.05) is 29.8 Å². The van der Waals surface area contributed by atoms with Gasteiger partial charge in [0.25, 0.3) is 0 Å². The normalized spacial score (nSPS) is 22.2. The molecule has 2 saturated heterocycles. The van der Waals surface area contributed by atoms with Gasteiger partial charge in [-0.2, -0.15) is 5.10 Å². The van der Waals surface area contributed by atoms with Crippen LogP contribution < -0.4 is 0 Å². The van der Waals surface area contributed by atoms with Crippen molar-refractivity contribution in [3.63, 3.8) is 0 Å². The van der Waals surface area contributed by atoms with Crippen LogP contribution in [0.15, 0.2) is 24.3 Å². The lowest BCUT2D eigenvalue weighted by molar-refractivity contribution is 0.136. The van der Waals surface area contributed by atoms with E-state index in [4.69, 9.17) is 17.3 Å². The van der Waals surface area contributed by atoms with E-state index < -0.39 is 9.84 Å². The third-order valence-corrected chi connectivity index (χ3v) is 9.25. The molecule has 6 nitrogen and oxygen atoms in total. The Balaban J connectivity index is 1.27. The van der Waals surface area contributed by atoms with Crippen molar-refractivity contribution in [1.82, 2.24) is 19.2 Å². The fraction of sp³-hybridized carbons (Fsp3) is 0.652. The van der Waals surface area contributed by atoms with Crippen LogP contribution in [0.25, 0.3) is 0 Å². The molecule has 0 aliphatic carbocycles. The predicted octanol–water partition coefficient (Wildman–Crippen LogP) is 3.54.